The van der Waals surface area contributed by atoms with Crippen LogP contribution in [0.5, 0.6) is 11.8 Å². The second kappa shape index (κ2) is 4.44. The van der Waals surface area contributed by atoms with Gasteiger partial charge in [-0.1, -0.05) is 11.6 Å². The van der Waals surface area contributed by atoms with Crippen molar-refractivity contribution in [2.75, 3.05) is 5.73 Å². The first kappa shape index (κ1) is 11.8. The van der Waals surface area contributed by atoms with Crippen LogP contribution in [-0.2, 0) is 7.05 Å². The van der Waals surface area contributed by atoms with E-state index in [-0.39, 0.29) is 6.01 Å². The van der Waals surface area contributed by atoms with E-state index in [0.717, 1.165) is 11.0 Å². The lowest BCUT2D eigenvalue weighted by Crippen LogP contribution is -1.94. The summed E-state index contributed by atoms with van der Waals surface area (Å²) >= 11 is 5.93. The monoisotopic (exact) mass is 274 g/mol. The minimum Gasteiger partial charge on any atom is -0.424 e. The molecule has 0 spiro atoms. The smallest absolute Gasteiger partial charge is 0.322 e. The van der Waals surface area contributed by atoms with E-state index in [0.29, 0.717) is 16.5 Å². The van der Waals surface area contributed by atoms with Crippen molar-refractivity contribution in [3.8, 4) is 11.8 Å². The van der Waals surface area contributed by atoms with Crippen LogP contribution in [0.1, 0.15) is 0 Å². The molecular weight excluding hydrogens is 264 g/mol. The van der Waals surface area contributed by atoms with Gasteiger partial charge >= 0.3 is 6.01 Å². The molecule has 3 aromatic rings. The van der Waals surface area contributed by atoms with Gasteiger partial charge in [-0.15, -0.1) is 0 Å². The van der Waals surface area contributed by atoms with E-state index in [1.54, 1.807) is 24.4 Å². The zero-order valence-electron chi connectivity index (χ0n) is 10.2. The molecule has 6 heteroatoms. The molecule has 0 aliphatic carbocycles. The minimum atomic E-state index is 0.277. The fourth-order valence-corrected chi connectivity index (χ4v) is 1.93. The summed E-state index contributed by atoms with van der Waals surface area (Å²) in [4.78, 5) is 8.47. The lowest BCUT2D eigenvalue weighted by atomic mass is 10.3. The fraction of sp³-hybridized carbons (Fsp3) is 0.0769. The number of aryl methyl sites for hydroxylation is 1. The normalized spacial score (nSPS) is 10.8. The maximum atomic E-state index is 5.93. The van der Waals surface area contributed by atoms with Gasteiger partial charge in [0.2, 0.25) is 0 Å². The predicted molar refractivity (Wildman–Crippen MR) is 74.4 cm³/mol. The summed E-state index contributed by atoms with van der Waals surface area (Å²) in [7, 11) is 1.94. The summed E-state index contributed by atoms with van der Waals surface area (Å²) < 4.78 is 7.50. The number of anilines is 1. The summed E-state index contributed by atoms with van der Waals surface area (Å²) in [6.07, 6.45) is 3.64. The van der Waals surface area contributed by atoms with Crippen LogP contribution in [0.4, 0.5) is 5.69 Å². The zero-order valence-corrected chi connectivity index (χ0v) is 10.9. The maximum absolute atomic E-state index is 5.93. The van der Waals surface area contributed by atoms with E-state index >= 15 is 0 Å². The predicted octanol–water partition coefficient (Wildman–Crippen LogP) is 3.00. The number of rotatable bonds is 2. The van der Waals surface area contributed by atoms with Gasteiger partial charge in [0.25, 0.3) is 0 Å². The quantitative estimate of drug-likeness (QED) is 0.730. The summed E-state index contributed by atoms with van der Waals surface area (Å²) in [5, 5.41) is 0.443. The van der Waals surface area contributed by atoms with Gasteiger partial charge in [0, 0.05) is 19.3 Å². The summed E-state index contributed by atoms with van der Waals surface area (Å²) in [6, 6.07) is 7.22. The van der Waals surface area contributed by atoms with Crippen molar-refractivity contribution in [1.29, 1.82) is 0 Å². The zero-order chi connectivity index (χ0) is 13.4. The summed E-state index contributed by atoms with van der Waals surface area (Å²) in [5.74, 6) is 0.550. The Labute approximate surface area is 114 Å². The molecule has 1 aromatic carbocycles. The molecule has 2 aromatic heterocycles. The number of hydrogen-bond donors (Lipinski definition) is 1. The molecule has 0 saturated carbocycles. The average molecular weight is 275 g/mol. The molecule has 0 atom stereocenters. The minimum absolute atomic E-state index is 0.277. The second-order valence-electron chi connectivity index (χ2n) is 4.14. The third-order valence-corrected chi connectivity index (χ3v) is 3.12. The number of nitrogens with zero attached hydrogens (tertiary/aromatic N) is 3. The van der Waals surface area contributed by atoms with Crippen molar-refractivity contribution in [3.05, 3.63) is 41.7 Å². The number of fused-ring (bicyclic) bond motifs is 1. The number of hydrogen-bond acceptors (Lipinski definition) is 4. The van der Waals surface area contributed by atoms with Crippen molar-refractivity contribution in [1.82, 2.24) is 14.5 Å². The molecule has 0 fully saturated rings. The topological polar surface area (TPSA) is 66.0 Å². The van der Waals surface area contributed by atoms with Crippen LogP contribution in [0.2, 0.25) is 5.02 Å². The van der Waals surface area contributed by atoms with Crippen LogP contribution in [0.15, 0.2) is 36.7 Å². The Morgan fingerprint density at radius 3 is 2.95 bits per heavy atom. The van der Waals surface area contributed by atoms with E-state index in [1.807, 2.05) is 23.9 Å². The van der Waals surface area contributed by atoms with Crippen LogP contribution in [-0.4, -0.2) is 14.5 Å². The molecule has 5 nitrogen and oxygen atoms in total. The maximum Gasteiger partial charge on any atom is 0.322 e. The van der Waals surface area contributed by atoms with Crippen molar-refractivity contribution in [2.45, 2.75) is 0 Å². The van der Waals surface area contributed by atoms with Crippen LogP contribution >= 0.6 is 11.6 Å². The van der Waals surface area contributed by atoms with Crippen molar-refractivity contribution in [2.24, 2.45) is 7.05 Å². The van der Waals surface area contributed by atoms with Crippen molar-refractivity contribution < 1.29 is 4.74 Å². The van der Waals surface area contributed by atoms with E-state index in [2.05, 4.69) is 9.97 Å². The molecule has 0 radical (unpaired) electrons. The van der Waals surface area contributed by atoms with Gasteiger partial charge in [0.1, 0.15) is 5.75 Å². The van der Waals surface area contributed by atoms with Crippen molar-refractivity contribution >= 4 is 28.3 Å². The standard InChI is InChI=1S/C13H11ClN4O/c1-18-5-4-11-12(18)7-16-13(17-11)19-8-2-3-10(15)9(14)6-8/h2-7H,15H2,1H3. The Hall–Kier alpha value is -2.27. The molecular formula is C13H11ClN4O. The first-order chi connectivity index (χ1) is 9.13. The molecule has 3 rings (SSSR count). The molecule has 0 unspecified atom stereocenters. The van der Waals surface area contributed by atoms with Gasteiger partial charge in [-0.25, -0.2) is 4.98 Å². The Bertz CT molecular complexity index is 753. The molecule has 2 heterocycles. The number of benzene rings is 1. The highest BCUT2D eigenvalue weighted by Gasteiger charge is 2.06. The average Bonchev–Trinajstić information content (AvgIpc) is 2.75. The lowest BCUT2D eigenvalue weighted by molar-refractivity contribution is 0.444. The van der Waals surface area contributed by atoms with Gasteiger partial charge in [0.05, 0.1) is 27.9 Å². The van der Waals surface area contributed by atoms with Gasteiger partial charge in [-0.05, 0) is 18.2 Å². The van der Waals surface area contributed by atoms with Gasteiger partial charge in [-0.3, -0.25) is 0 Å². The Morgan fingerprint density at radius 2 is 2.16 bits per heavy atom. The molecule has 0 bridgehead atoms. The molecule has 0 aliphatic heterocycles. The number of ether oxygens (including phenoxy) is 1. The molecule has 19 heavy (non-hydrogen) atoms. The highest BCUT2D eigenvalue weighted by molar-refractivity contribution is 6.33. The van der Waals surface area contributed by atoms with E-state index < -0.39 is 0 Å². The van der Waals surface area contributed by atoms with Gasteiger partial charge in [0.15, 0.2) is 0 Å². The Balaban J connectivity index is 1.94. The SMILES string of the molecule is Cn1ccc2nc(Oc3ccc(N)c(Cl)c3)ncc21. The van der Waals surface area contributed by atoms with Crippen LogP contribution in [0.25, 0.3) is 11.0 Å². The highest BCUT2D eigenvalue weighted by atomic mass is 35.5. The van der Waals surface area contributed by atoms with Crippen LogP contribution in [0.3, 0.4) is 0 Å². The molecule has 0 saturated heterocycles. The largest absolute Gasteiger partial charge is 0.424 e. The second-order valence-corrected chi connectivity index (χ2v) is 4.54. The fourth-order valence-electron chi connectivity index (χ4n) is 1.75. The molecule has 2 N–H and O–H groups in total. The van der Waals surface area contributed by atoms with E-state index in [1.165, 1.54) is 0 Å². The van der Waals surface area contributed by atoms with Crippen LogP contribution in [0, 0.1) is 0 Å². The molecule has 96 valence electrons. The van der Waals surface area contributed by atoms with Crippen molar-refractivity contribution in [3.63, 3.8) is 0 Å². The first-order valence-electron chi connectivity index (χ1n) is 5.64. The lowest BCUT2D eigenvalue weighted by Gasteiger charge is -2.05. The van der Waals surface area contributed by atoms with E-state index in [9.17, 15) is 0 Å². The third-order valence-electron chi connectivity index (χ3n) is 2.79. The van der Waals surface area contributed by atoms with Crippen LogP contribution < -0.4 is 10.5 Å². The number of aromatic nitrogens is 3. The molecule has 0 amide bonds. The summed E-state index contributed by atoms with van der Waals surface area (Å²) in [5.41, 5.74) is 7.92. The van der Waals surface area contributed by atoms with Gasteiger partial charge < -0.3 is 15.0 Å². The van der Waals surface area contributed by atoms with E-state index in [4.69, 9.17) is 22.1 Å². The highest BCUT2D eigenvalue weighted by Crippen LogP contribution is 2.27. The first-order valence-corrected chi connectivity index (χ1v) is 6.02. The Morgan fingerprint density at radius 1 is 1.32 bits per heavy atom. The Kier molecular flexibility index (Phi) is 2.76. The number of nitrogen functional groups attached to an aromatic ring is 1. The molecule has 0 aliphatic rings. The number of nitrogens with two attached hydrogens (primary N) is 1. The third kappa shape index (κ3) is 2.20. The van der Waals surface area contributed by atoms with Gasteiger partial charge in [-0.2, -0.15) is 4.98 Å². The summed E-state index contributed by atoms with van der Waals surface area (Å²) in [6.45, 7) is 0. The number of halogens is 1.